The quantitative estimate of drug-likeness (QED) is 0.769. The monoisotopic (exact) mass is 350 g/mol. The Bertz CT molecular complexity index is 1020. The van der Waals surface area contributed by atoms with Crippen LogP contribution in [0.3, 0.4) is 0 Å². The van der Waals surface area contributed by atoms with Crippen molar-refractivity contribution in [1.29, 1.82) is 0 Å². The van der Waals surface area contributed by atoms with Crippen LogP contribution in [0.2, 0.25) is 0 Å². The average molecular weight is 350 g/mol. The maximum absolute atomic E-state index is 12.2. The van der Waals surface area contributed by atoms with E-state index in [1.54, 1.807) is 36.5 Å². The van der Waals surface area contributed by atoms with Gasteiger partial charge in [-0.15, -0.1) is 0 Å². The first-order valence-electron chi connectivity index (χ1n) is 7.87. The van der Waals surface area contributed by atoms with E-state index in [0.717, 1.165) is 10.2 Å². The number of carbonyl (C=O) groups is 1. The molecule has 0 bridgehead atoms. The van der Waals surface area contributed by atoms with Crippen LogP contribution in [0.4, 0.5) is 5.69 Å². The molecule has 4 rings (SSSR count). The number of nitrogens with one attached hydrogen (secondary N) is 1. The minimum Gasteiger partial charge on any atom is -0.454 e. The van der Waals surface area contributed by atoms with Crippen LogP contribution in [-0.4, -0.2) is 27.5 Å². The molecule has 0 aliphatic carbocycles. The Morgan fingerprint density at radius 3 is 2.88 bits per heavy atom. The number of anilines is 1. The molecule has 1 aliphatic heterocycles. The molecule has 0 radical (unpaired) electrons. The molecule has 130 valence electrons. The van der Waals surface area contributed by atoms with Crippen LogP contribution >= 0.6 is 0 Å². The van der Waals surface area contributed by atoms with Gasteiger partial charge in [-0.3, -0.25) is 14.6 Å². The Morgan fingerprint density at radius 2 is 2.04 bits per heavy atom. The number of nitrogens with zero attached hydrogens (tertiary/aromatic N) is 3. The minimum atomic E-state index is -0.365. The molecule has 3 heterocycles. The molecule has 8 nitrogen and oxygen atoms in total. The highest BCUT2D eigenvalue weighted by Crippen LogP contribution is 2.35. The van der Waals surface area contributed by atoms with Gasteiger partial charge in [0, 0.05) is 17.8 Å². The lowest BCUT2D eigenvalue weighted by molar-refractivity contribution is -0.117. The summed E-state index contributed by atoms with van der Waals surface area (Å²) in [5.74, 6) is 0.921. The van der Waals surface area contributed by atoms with Crippen LogP contribution in [0.5, 0.6) is 11.5 Å². The molecular formula is C18H14N4O4. The van der Waals surface area contributed by atoms with Crippen LogP contribution in [0, 0.1) is 0 Å². The Labute approximate surface area is 148 Å². The van der Waals surface area contributed by atoms with E-state index in [2.05, 4.69) is 15.4 Å². The average Bonchev–Trinajstić information content (AvgIpc) is 3.12. The van der Waals surface area contributed by atoms with Crippen molar-refractivity contribution < 1.29 is 14.3 Å². The van der Waals surface area contributed by atoms with Crippen molar-refractivity contribution in [1.82, 2.24) is 14.8 Å². The van der Waals surface area contributed by atoms with Crippen LogP contribution in [0.15, 0.2) is 59.7 Å². The fraction of sp³-hybridized carbons (Fsp3) is 0.111. The number of hydrogen-bond donors (Lipinski definition) is 1. The Balaban J connectivity index is 1.56. The number of amides is 1. The summed E-state index contributed by atoms with van der Waals surface area (Å²) in [6, 6.07) is 11.8. The summed E-state index contributed by atoms with van der Waals surface area (Å²) in [7, 11) is 0. The third-order valence-corrected chi connectivity index (χ3v) is 3.77. The molecule has 0 fully saturated rings. The molecule has 2 aromatic heterocycles. The van der Waals surface area contributed by atoms with E-state index in [9.17, 15) is 9.59 Å². The molecular weight excluding hydrogens is 336 g/mol. The van der Waals surface area contributed by atoms with Crippen molar-refractivity contribution in [2.24, 2.45) is 0 Å². The summed E-state index contributed by atoms with van der Waals surface area (Å²) in [4.78, 5) is 28.1. The Kier molecular flexibility index (Phi) is 4.06. The zero-order valence-electron chi connectivity index (χ0n) is 13.6. The number of hydrogen-bond acceptors (Lipinski definition) is 6. The molecule has 1 N–H and O–H groups in total. The number of carbonyl (C=O) groups excluding carboxylic acids is 1. The molecule has 3 aromatic rings. The highest BCUT2D eigenvalue weighted by atomic mass is 16.7. The van der Waals surface area contributed by atoms with Gasteiger partial charge in [0.2, 0.25) is 12.7 Å². The molecule has 0 unspecified atom stereocenters. The van der Waals surface area contributed by atoms with Gasteiger partial charge in [-0.05, 0) is 36.4 Å². The van der Waals surface area contributed by atoms with Gasteiger partial charge in [-0.2, -0.15) is 5.10 Å². The lowest BCUT2D eigenvalue weighted by atomic mass is 10.1. The van der Waals surface area contributed by atoms with Crippen molar-refractivity contribution in [3.05, 3.63) is 65.2 Å². The van der Waals surface area contributed by atoms with E-state index in [1.165, 1.54) is 12.3 Å². The normalized spacial score (nSPS) is 12.0. The van der Waals surface area contributed by atoms with Crippen molar-refractivity contribution >= 4 is 11.6 Å². The fourth-order valence-corrected chi connectivity index (χ4v) is 2.55. The van der Waals surface area contributed by atoms with Crippen molar-refractivity contribution in [3.8, 4) is 22.8 Å². The first kappa shape index (κ1) is 15.8. The zero-order chi connectivity index (χ0) is 17.9. The number of benzene rings is 1. The standard InChI is InChI=1S/C18H14N4O4/c23-17(20-13-2-1-7-19-9-13)10-22-18(24)6-4-14(21-22)12-3-5-15-16(8-12)26-11-25-15/h1-9H,10-11H2,(H,20,23). The van der Waals surface area contributed by atoms with Gasteiger partial charge in [-0.1, -0.05) is 0 Å². The second-order valence-electron chi connectivity index (χ2n) is 5.57. The van der Waals surface area contributed by atoms with Gasteiger partial charge in [0.05, 0.1) is 17.6 Å². The van der Waals surface area contributed by atoms with Crippen LogP contribution < -0.4 is 20.3 Å². The van der Waals surface area contributed by atoms with Gasteiger partial charge in [0.1, 0.15) is 6.54 Å². The minimum absolute atomic E-state index is 0.181. The van der Waals surface area contributed by atoms with Gasteiger partial charge >= 0.3 is 0 Å². The topological polar surface area (TPSA) is 95.3 Å². The van der Waals surface area contributed by atoms with E-state index < -0.39 is 0 Å². The predicted octanol–water partition coefficient (Wildman–Crippen LogP) is 1.67. The van der Waals surface area contributed by atoms with Crippen LogP contribution in [0.25, 0.3) is 11.3 Å². The van der Waals surface area contributed by atoms with E-state index in [1.807, 2.05) is 6.07 Å². The number of rotatable bonds is 4. The van der Waals surface area contributed by atoms with Crippen LogP contribution in [0.1, 0.15) is 0 Å². The summed E-state index contributed by atoms with van der Waals surface area (Å²) >= 11 is 0. The lowest BCUT2D eigenvalue weighted by Crippen LogP contribution is -2.29. The molecule has 0 saturated carbocycles. The second kappa shape index (κ2) is 6.67. The number of pyridine rings is 1. The SMILES string of the molecule is O=C(Cn1nc(-c2ccc3c(c2)OCO3)ccc1=O)Nc1cccnc1. The summed E-state index contributed by atoms with van der Waals surface area (Å²) < 4.78 is 11.8. The third-order valence-electron chi connectivity index (χ3n) is 3.77. The molecule has 1 aromatic carbocycles. The largest absolute Gasteiger partial charge is 0.454 e. The lowest BCUT2D eigenvalue weighted by Gasteiger charge is -2.08. The van der Waals surface area contributed by atoms with Gasteiger partial charge in [0.15, 0.2) is 11.5 Å². The maximum Gasteiger partial charge on any atom is 0.267 e. The maximum atomic E-state index is 12.2. The second-order valence-corrected chi connectivity index (χ2v) is 5.57. The highest BCUT2D eigenvalue weighted by Gasteiger charge is 2.15. The summed E-state index contributed by atoms with van der Waals surface area (Å²) in [5, 5.41) is 6.95. The summed E-state index contributed by atoms with van der Waals surface area (Å²) in [5.41, 5.74) is 1.50. The molecule has 8 heteroatoms. The predicted molar refractivity (Wildman–Crippen MR) is 92.9 cm³/mol. The van der Waals surface area contributed by atoms with Crippen molar-refractivity contribution in [2.75, 3.05) is 12.1 Å². The molecule has 1 amide bonds. The van der Waals surface area contributed by atoms with Crippen molar-refractivity contribution in [3.63, 3.8) is 0 Å². The van der Waals surface area contributed by atoms with E-state index >= 15 is 0 Å². The molecule has 0 atom stereocenters. The number of fused-ring (bicyclic) bond motifs is 1. The zero-order valence-corrected chi connectivity index (χ0v) is 13.6. The first-order chi connectivity index (χ1) is 12.7. The molecule has 0 saturated heterocycles. The summed E-state index contributed by atoms with van der Waals surface area (Å²) in [6.07, 6.45) is 3.13. The van der Waals surface area contributed by atoms with E-state index in [0.29, 0.717) is 22.9 Å². The third kappa shape index (κ3) is 3.25. The summed E-state index contributed by atoms with van der Waals surface area (Å²) in [6.45, 7) is -0.0215. The van der Waals surface area contributed by atoms with Gasteiger partial charge in [0.25, 0.3) is 5.56 Å². The van der Waals surface area contributed by atoms with Crippen molar-refractivity contribution in [2.45, 2.75) is 6.54 Å². The van der Waals surface area contributed by atoms with Gasteiger partial charge < -0.3 is 14.8 Å². The number of aromatic nitrogens is 3. The molecule has 0 spiro atoms. The Hall–Kier alpha value is -3.68. The fourth-order valence-electron chi connectivity index (χ4n) is 2.55. The number of ether oxygens (including phenoxy) is 2. The van der Waals surface area contributed by atoms with E-state index in [-0.39, 0.29) is 24.8 Å². The Morgan fingerprint density at radius 1 is 1.15 bits per heavy atom. The van der Waals surface area contributed by atoms with Crippen LogP contribution in [-0.2, 0) is 11.3 Å². The molecule has 26 heavy (non-hydrogen) atoms. The molecule has 1 aliphatic rings. The first-order valence-corrected chi connectivity index (χ1v) is 7.87. The van der Waals surface area contributed by atoms with E-state index in [4.69, 9.17) is 9.47 Å². The highest BCUT2D eigenvalue weighted by molar-refractivity contribution is 5.90. The smallest absolute Gasteiger partial charge is 0.267 e. The van der Waals surface area contributed by atoms with Gasteiger partial charge in [-0.25, -0.2) is 4.68 Å².